The number of hydrogen-bond acceptors (Lipinski definition) is 7. The molecule has 9 heteroatoms. The molecule has 1 aromatic rings. The molecule has 0 radical (unpaired) electrons. The van der Waals surface area contributed by atoms with Gasteiger partial charge in [0.2, 0.25) is 0 Å². The summed E-state index contributed by atoms with van der Waals surface area (Å²) in [5.41, 5.74) is 0. The van der Waals surface area contributed by atoms with E-state index in [1.807, 2.05) is 43.2 Å². The van der Waals surface area contributed by atoms with Crippen LogP contribution >= 0.6 is 99.7 Å². The monoisotopic (exact) mass is 718 g/mol. The maximum absolute atomic E-state index is 4.37. The van der Waals surface area contributed by atoms with E-state index in [1.54, 1.807) is 11.3 Å². The van der Waals surface area contributed by atoms with Gasteiger partial charge in [-0.05, 0) is 34.4 Å². The molecule has 2 atom stereocenters. The molecule has 0 saturated heterocycles. The van der Waals surface area contributed by atoms with Crippen LogP contribution in [0.3, 0.4) is 0 Å². The Balaban J connectivity index is 2.07. The summed E-state index contributed by atoms with van der Waals surface area (Å²) >= 11 is 6.91. The number of aromatic nitrogens is 2. The van der Waals surface area contributed by atoms with Crippen LogP contribution in [0.5, 0.6) is 0 Å². The van der Waals surface area contributed by atoms with Gasteiger partial charge in [0.1, 0.15) is 0 Å². The average Bonchev–Trinajstić information content (AvgIpc) is 3.18. The lowest BCUT2D eigenvalue weighted by Gasteiger charge is -2.07. The molecule has 0 aromatic carbocycles. The summed E-state index contributed by atoms with van der Waals surface area (Å²) < 4.78 is 3.52. The summed E-state index contributed by atoms with van der Waals surface area (Å²) in [6.07, 6.45) is 19.2. The molecule has 170 valence electrons. The van der Waals surface area contributed by atoms with Crippen LogP contribution in [0, 0.1) is 0 Å². The van der Waals surface area contributed by atoms with Gasteiger partial charge in [0, 0.05) is 0 Å². The molecule has 0 aliphatic heterocycles. The van der Waals surface area contributed by atoms with Gasteiger partial charge >= 0.3 is 0 Å². The Bertz CT molecular complexity index is 453. The zero-order chi connectivity index (χ0) is 21.2. The first-order chi connectivity index (χ1) is 14.2. The van der Waals surface area contributed by atoms with Crippen LogP contribution in [0.2, 0.25) is 0 Å². The highest BCUT2D eigenvalue weighted by atomic mass is 127. The van der Waals surface area contributed by atoms with Crippen molar-refractivity contribution in [2.24, 2.45) is 0 Å². The summed E-state index contributed by atoms with van der Waals surface area (Å²) in [6.45, 7) is 4.56. The molecule has 1 rings (SSSR count). The zero-order valence-electron chi connectivity index (χ0n) is 17.7. The lowest BCUT2D eigenvalue weighted by Crippen LogP contribution is -1.89. The average molecular weight is 719 g/mol. The van der Waals surface area contributed by atoms with Gasteiger partial charge in [-0.1, -0.05) is 169 Å². The van der Waals surface area contributed by atoms with Gasteiger partial charge in [0.15, 0.2) is 8.68 Å². The molecule has 0 spiro atoms. The predicted molar refractivity (Wildman–Crippen MR) is 158 cm³/mol. The Morgan fingerprint density at radius 2 is 1.03 bits per heavy atom. The smallest absolute Gasteiger partial charge is 0.130 e. The first-order valence-electron chi connectivity index (χ1n) is 10.9. The summed E-state index contributed by atoms with van der Waals surface area (Å²) in [5, 5.41) is 8.74. The van der Waals surface area contributed by atoms with Crippen LogP contribution in [0.4, 0.5) is 0 Å². The molecule has 0 N–H and O–H groups in total. The van der Waals surface area contributed by atoms with Crippen molar-refractivity contribution in [1.82, 2.24) is 10.2 Å². The molecule has 0 bridgehead atoms. The molecule has 0 fully saturated rings. The number of alkyl halides is 2. The van der Waals surface area contributed by atoms with Crippen LogP contribution < -0.4 is 0 Å². The van der Waals surface area contributed by atoms with E-state index < -0.39 is 0 Å². The molecule has 1 aromatic heterocycles. The number of halogens is 2. The van der Waals surface area contributed by atoms with E-state index in [-0.39, 0.29) is 0 Å². The Kier molecular flexibility index (Phi) is 21.3. The summed E-state index contributed by atoms with van der Waals surface area (Å²) in [7, 11) is 7.51. The third-order valence-electron chi connectivity index (χ3n) is 4.40. The van der Waals surface area contributed by atoms with Gasteiger partial charge in [-0.2, -0.15) is 0 Å². The van der Waals surface area contributed by atoms with Crippen LogP contribution in [-0.4, -0.2) is 16.7 Å². The van der Waals surface area contributed by atoms with Gasteiger partial charge in [-0.15, -0.1) is 10.2 Å². The lowest BCUT2D eigenvalue weighted by atomic mass is 10.1. The number of rotatable bonds is 20. The molecule has 2 nitrogen and oxygen atoms in total. The SMILES string of the molecule is CCCCCCCCC(I)SSc1nnc(SSC(I)CCCCCCCC)s1. The molecular formula is C20H36I2N2S5. The van der Waals surface area contributed by atoms with Crippen LogP contribution in [-0.2, 0) is 0 Å². The van der Waals surface area contributed by atoms with Crippen LogP contribution in [0.1, 0.15) is 104 Å². The van der Waals surface area contributed by atoms with E-state index in [0.29, 0.717) is 6.51 Å². The highest BCUT2D eigenvalue weighted by Gasteiger charge is 2.12. The minimum absolute atomic E-state index is 0.661. The number of unbranched alkanes of at least 4 members (excludes halogenated alkanes) is 10. The standard InChI is InChI=1S/C20H36I2N2S5/c1-3-5-7-9-11-13-15-17(21)26-28-19-23-24-20(25-19)29-27-18(22)16-14-12-10-8-6-4-2/h17-18H,3-16H2,1-2H3. The van der Waals surface area contributed by atoms with Gasteiger partial charge in [0.05, 0.1) is 6.51 Å². The largest absolute Gasteiger partial charge is 0.185 e. The summed E-state index contributed by atoms with van der Waals surface area (Å²) in [4.78, 5) is 0. The quantitative estimate of drug-likeness (QED) is 0.0576. The van der Waals surface area contributed by atoms with Gasteiger partial charge < -0.3 is 0 Å². The summed E-state index contributed by atoms with van der Waals surface area (Å²) in [6, 6.07) is 0. The fourth-order valence-corrected chi connectivity index (χ4v) is 10.9. The molecule has 0 amide bonds. The van der Waals surface area contributed by atoms with Crippen molar-refractivity contribution >= 4 is 99.7 Å². The number of hydrogen-bond donors (Lipinski definition) is 0. The molecule has 29 heavy (non-hydrogen) atoms. The second-order valence-electron chi connectivity index (χ2n) is 7.13. The molecule has 2 unspecified atom stereocenters. The van der Waals surface area contributed by atoms with Crippen molar-refractivity contribution < 1.29 is 0 Å². The van der Waals surface area contributed by atoms with E-state index >= 15 is 0 Å². The van der Waals surface area contributed by atoms with E-state index in [1.165, 1.54) is 89.9 Å². The topological polar surface area (TPSA) is 25.8 Å². The fourth-order valence-electron chi connectivity index (χ4n) is 2.72. The Hall–Kier alpha value is 2.42. The minimum Gasteiger partial charge on any atom is -0.130 e. The van der Waals surface area contributed by atoms with E-state index in [2.05, 4.69) is 69.2 Å². The second-order valence-corrected chi connectivity index (χ2v) is 18.1. The van der Waals surface area contributed by atoms with Crippen LogP contribution in [0.25, 0.3) is 0 Å². The minimum atomic E-state index is 0.661. The molecular weight excluding hydrogens is 682 g/mol. The Labute approximate surface area is 226 Å². The Morgan fingerprint density at radius 1 is 0.655 bits per heavy atom. The predicted octanol–water partition coefficient (Wildman–Crippen LogP) is 11.0. The van der Waals surface area contributed by atoms with E-state index in [4.69, 9.17) is 0 Å². The third-order valence-corrected chi connectivity index (χ3v) is 15.8. The molecule has 1 heterocycles. The second kappa shape index (κ2) is 21.0. The van der Waals surface area contributed by atoms with Crippen LogP contribution in [0.15, 0.2) is 8.68 Å². The third kappa shape index (κ3) is 17.5. The van der Waals surface area contributed by atoms with Crippen molar-refractivity contribution in [2.75, 3.05) is 0 Å². The van der Waals surface area contributed by atoms with E-state index in [0.717, 1.165) is 8.68 Å². The van der Waals surface area contributed by atoms with Gasteiger partial charge in [-0.25, -0.2) is 0 Å². The molecule has 0 aliphatic carbocycles. The molecule has 0 aliphatic rings. The lowest BCUT2D eigenvalue weighted by molar-refractivity contribution is 0.602. The van der Waals surface area contributed by atoms with E-state index in [9.17, 15) is 0 Å². The first kappa shape index (κ1) is 29.5. The highest BCUT2D eigenvalue weighted by molar-refractivity contribution is 14.1. The highest BCUT2D eigenvalue weighted by Crippen LogP contribution is 2.45. The maximum Gasteiger partial charge on any atom is 0.185 e. The first-order valence-corrected chi connectivity index (χ1v) is 18.7. The fraction of sp³-hybridized carbons (Fsp3) is 0.900. The zero-order valence-corrected chi connectivity index (χ0v) is 26.1. The number of nitrogens with zero attached hydrogens (tertiary/aromatic N) is 2. The van der Waals surface area contributed by atoms with Gasteiger partial charge in [0.25, 0.3) is 0 Å². The molecule has 0 saturated carbocycles. The van der Waals surface area contributed by atoms with Crippen molar-refractivity contribution in [2.45, 2.75) is 119 Å². The van der Waals surface area contributed by atoms with Crippen molar-refractivity contribution in [3.05, 3.63) is 0 Å². The van der Waals surface area contributed by atoms with Crippen molar-refractivity contribution in [3.63, 3.8) is 0 Å². The van der Waals surface area contributed by atoms with Crippen molar-refractivity contribution in [3.8, 4) is 0 Å². The van der Waals surface area contributed by atoms with Crippen molar-refractivity contribution in [1.29, 1.82) is 0 Å². The summed E-state index contributed by atoms with van der Waals surface area (Å²) in [5.74, 6) is 0. The Morgan fingerprint density at radius 3 is 1.45 bits per heavy atom. The maximum atomic E-state index is 4.37. The van der Waals surface area contributed by atoms with Gasteiger partial charge in [-0.3, -0.25) is 0 Å². The normalized spacial score (nSPS) is 13.7.